The molecule has 0 saturated carbocycles. The molecule has 12 aromatic carbocycles. The smallest absolute Gasteiger partial charge is 0.159 e. The van der Waals surface area contributed by atoms with E-state index < -0.39 is 0 Å². The van der Waals surface area contributed by atoms with Crippen molar-refractivity contribution in [2.45, 2.75) is 54.4 Å². The molecule has 14 rings (SSSR count). The van der Waals surface area contributed by atoms with Gasteiger partial charge in [0, 0.05) is 43.4 Å². The standard InChI is InChI=1S/C74H60N2O2/c1-73(2,3)45-51-25-17-29-55-57-31-19-35-65(71(57)77-69(51)55)75(61-33-15-13-27-53(61)47-21-9-7-10-22-47)63-43-39-49-38-42-60-64(44-40-50-37-41-59(63)67(49)68(50)60)76(62-34-16-14-28-54(62)48-23-11-8-12-24-48)66-36-20-32-58-56-30-18-26-52(46-74(4,5)6)70(56)78-72(58)66/h7-44H,45-46H2,1-6H3. The Kier molecular flexibility index (Phi) is 11.1. The molecule has 378 valence electrons. The highest BCUT2D eigenvalue weighted by Gasteiger charge is 2.29. The molecule has 0 unspecified atom stereocenters. The summed E-state index contributed by atoms with van der Waals surface area (Å²) in [6.45, 7) is 13.8. The molecule has 0 N–H and O–H groups in total. The van der Waals surface area contributed by atoms with Gasteiger partial charge in [-0.3, -0.25) is 0 Å². The molecule has 4 heteroatoms. The van der Waals surface area contributed by atoms with Gasteiger partial charge in [-0.1, -0.05) is 236 Å². The molecule has 2 aromatic heterocycles. The van der Waals surface area contributed by atoms with Crippen molar-refractivity contribution in [3.8, 4) is 22.3 Å². The maximum absolute atomic E-state index is 7.25. The van der Waals surface area contributed by atoms with Gasteiger partial charge in [0.1, 0.15) is 11.2 Å². The van der Waals surface area contributed by atoms with Crippen LogP contribution in [-0.4, -0.2) is 0 Å². The molecule has 0 spiro atoms. The summed E-state index contributed by atoms with van der Waals surface area (Å²) < 4.78 is 14.5. The van der Waals surface area contributed by atoms with Gasteiger partial charge in [0.15, 0.2) is 11.2 Å². The first-order chi connectivity index (χ1) is 38.0. The quantitative estimate of drug-likeness (QED) is 0.128. The number of furan rings is 2. The molecule has 14 aromatic rings. The molecule has 0 aliphatic heterocycles. The number of fused-ring (bicyclic) bond motifs is 6. The molecule has 0 amide bonds. The third-order valence-electron chi connectivity index (χ3n) is 15.7. The summed E-state index contributed by atoms with van der Waals surface area (Å²) in [6, 6.07) is 84.3. The van der Waals surface area contributed by atoms with Crippen LogP contribution in [0, 0.1) is 10.8 Å². The van der Waals surface area contributed by atoms with E-state index in [1.165, 1.54) is 32.7 Å². The van der Waals surface area contributed by atoms with Gasteiger partial charge in [-0.15, -0.1) is 0 Å². The summed E-state index contributed by atoms with van der Waals surface area (Å²) in [5.74, 6) is 0. The Bertz CT molecular complexity index is 4290. The van der Waals surface area contributed by atoms with Crippen molar-refractivity contribution in [1.82, 2.24) is 0 Å². The maximum atomic E-state index is 7.25. The van der Waals surface area contributed by atoms with E-state index >= 15 is 0 Å². The van der Waals surface area contributed by atoms with Crippen molar-refractivity contribution >= 4 is 110 Å². The van der Waals surface area contributed by atoms with Crippen LogP contribution in [0.25, 0.3) is 98.4 Å². The van der Waals surface area contributed by atoms with E-state index in [2.05, 4.69) is 282 Å². The lowest BCUT2D eigenvalue weighted by Crippen LogP contribution is -2.13. The molecule has 0 atom stereocenters. The van der Waals surface area contributed by atoms with Gasteiger partial charge in [0.2, 0.25) is 0 Å². The van der Waals surface area contributed by atoms with Crippen LogP contribution in [0.2, 0.25) is 0 Å². The fourth-order valence-corrected chi connectivity index (χ4v) is 12.5. The molecule has 2 heterocycles. The third-order valence-corrected chi connectivity index (χ3v) is 15.7. The Labute approximate surface area is 455 Å². The molecular weight excluding hydrogens is 949 g/mol. The topological polar surface area (TPSA) is 32.8 Å². The molecular formula is C74H60N2O2. The fourth-order valence-electron chi connectivity index (χ4n) is 12.5. The predicted molar refractivity (Wildman–Crippen MR) is 331 cm³/mol. The first kappa shape index (κ1) is 47.3. The number of hydrogen-bond acceptors (Lipinski definition) is 4. The summed E-state index contributed by atoms with van der Waals surface area (Å²) in [4.78, 5) is 4.92. The average Bonchev–Trinajstić information content (AvgIpc) is 4.20. The first-order valence-corrected chi connectivity index (χ1v) is 27.4. The van der Waals surface area contributed by atoms with Gasteiger partial charge in [-0.25, -0.2) is 0 Å². The highest BCUT2D eigenvalue weighted by Crippen LogP contribution is 2.53. The van der Waals surface area contributed by atoms with Crippen LogP contribution in [0.1, 0.15) is 52.7 Å². The van der Waals surface area contributed by atoms with E-state index in [0.29, 0.717) is 0 Å². The second kappa shape index (κ2) is 18.3. The number of anilines is 6. The number of rotatable bonds is 10. The van der Waals surface area contributed by atoms with Crippen molar-refractivity contribution in [2.24, 2.45) is 10.8 Å². The predicted octanol–water partition coefficient (Wildman–Crippen LogP) is 21.8. The van der Waals surface area contributed by atoms with Crippen molar-refractivity contribution in [2.75, 3.05) is 9.80 Å². The van der Waals surface area contributed by atoms with Crippen LogP contribution in [0.5, 0.6) is 0 Å². The maximum Gasteiger partial charge on any atom is 0.159 e. The minimum Gasteiger partial charge on any atom is -0.454 e. The minimum absolute atomic E-state index is 0.0807. The lowest BCUT2D eigenvalue weighted by molar-refractivity contribution is 0.410. The van der Waals surface area contributed by atoms with Crippen molar-refractivity contribution in [3.63, 3.8) is 0 Å². The van der Waals surface area contributed by atoms with Gasteiger partial charge in [0.05, 0.1) is 34.1 Å². The van der Waals surface area contributed by atoms with Crippen LogP contribution < -0.4 is 9.80 Å². The second-order valence-electron chi connectivity index (χ2n) is 23.6. The van der Waals surface area contributed by atoms with Crippen LogP contribution in [-0.2, 0) is 12.8 Å². The Morgan fingerprint density at radius 2 is 0.628 bits per heavy atom. The Morgan fingerprint density at radius 3 is 1.04 bits per heavy atom. The Hall–Kier alpha value is -9.12. The fraction of sp³-hybridized carbons (Fsp3) is 0.135. The van der Waals surface area contributed by atoms with E-state index in [0.717, 1.165) is 124 Å². The van der Waals surface area contributed by atoms with E-state index in [1.807, 2.05) is 0 Å². The van der Waals surface area contributed by atoms with Gasteiger partial charge < -0.3 is 18.6 Å². The molecule has 0 radical (unpaired) electrons. The van der Waals surface area contributed by atoms with Crippen LogP contribution in [0.4, 0.5) is 34.1 Å². The number of hydrogen-bond donors (Lipinski definition) is 0. The lowest BCUT2D eigenvalue weighted by atomic mass is 9.87. The summed E-state index contributed by atoms with van der Waals surface area (Å²) in [6.07, 6.45) is 1.80. The number of nitrogens with zero attached hydrogens (tertiary/aromatic N) is 2. The molecule has 78 heavy (non-hydrogen) atoms. The summed E-state index contributed by atoms with van der Waals surface area (Å²) in [5.41, 5.74) is 17.0. The van der Waals surface area contributed by atoms with E-state index in [4.69, 9.17) is 8.83 Å². The Balaban J connectivity index is 1.04. The number of benzene rings is 12. The molecule has 0 bridgehead atoms. The van der Waals surface area contributed by atoms with Crippen LogP contribution >= 0.6 is 0 Å². The SMILES string of the molecule is CC(C)(C)Cc1cccc2c1oc1c(N(c3ccccc3-c3ccccc3)c3ccc4ccc5c(N(c6ccccc6-c6ccccc6)c6cccc7c6oc6c(CC(C)(C)C)cccc67)ccc6ccc3c4c65)cccc12. The zero-order valence-electron chi connectivity index (χ0n) is 45.1. The van der Waals surface area contributed by atoms with Gasteiger partial charge >= 0.3 is 0 Å². The van der Waals surface area contributed by atoms with Crippen LogP contribution in [0.15, 0.2) is 239 Å². The van der Waals surface area contributed by atoms with Gasteiger partial charge in [0.25, 0.3) is 0 Å². The second-order valence-corrected chi connectivity index (χ2v) is 23.6. The first-order valence-electron chi connectivity index (χ1n) is 27.4. The zero-order chi connectivity index (χ0) is 52.9. The molecule has 0 saturated heterocycles. The van der Waals surface area contributed by atoms with Crippen molar-refractivity contribution in [3.05, 3.63) is 242 Å². The molecule has 4 nitrogen and oxygen atoms in total. The third kappa shape index (κ3) is 7.97. The van der Waals surface area contributed by atoms with Crippen molar-refractivity contribution < 1.29 is 8.83 Å². The van der Waals surface area contributed by atoms with Gasteiger partial charge in [-0.2, -0.15) is 0 Å². The normalized spacial score (nSPS) is 12.3. The highest BCUT2D eigenvalue weighted by molar-refractivity contribution is 6.29. The minimum atomic E-state index is 0.0807. The van der Waals surface area contributed by atoms with Crippen LogP contribution in [0.3, 0.4) is 0 Å². The van der Waals surface area contributed by atoms with E-state index in [-0.39, 0.29) is 10.8 Å². The number of para-hydroxylation sites is 6. The molecule has 0 aliphatic rings. The van der Waals surface area contributed by atoms with E-state index in [1.54, 1.807) is 0 Å². The Morgan fingerprint density at radius 1 is 0.282 bits per heavy atom. The summed E-state index contributed by atoms with van der Waals surface area (Å²) in [5, 5.41) is 11.5. The zero-order valence-corrected chi connectivity index (χ0v) is 45.1. The highest BCUT2D eigenvalue weighted by atomic mass is 16.3. The monoisotopic (exact) mass is 1010 g/mol. The average molecular weight is 1010 g/mol. The van der Waals surface area contributed by atoms with E-state index in [9.17, 15) is 0 Å². The summed E-state index contributed by atoms with van der Waals surface area (Å²) in [7, 11) is 0. The lowest BCUT2D eigenvalue weighted by Gasteiger charge is -2.31. The van der Waals surface area contributed by atoms with Crippen molar-refractivity contribution in [1.29, 1.82) is 0 Å². The van der Waals surface area contributed by atoms with Gasteiger partial charge in [-0.05, 0) is 104 Å². The molecule has 0 aliphatic carbocycles. The molecule has 0 fully saturated rings. The largest absolute Gasteiger partial charge is 0.454 e. The summed E-state index contributed by atoms with van der Waals surface area (Å²) >= 11 is 0.